The summed E-state index contributed by atoms with van der Waals surface area (Å²) >= 11 is 7.59. The summed E-state index contributed by atoms with van der Waals surface area (Å²) in [6.07, 6.45) is 4.29. The zero-order valence-electron chi connectivity index (χ0n) is 7.79. The maximum absolute atomic E-state index is 5.79. The molecule has 0 amide bonds. The molecule has 1 rings (SSSR count). The van der Waals surface area contributed by atoms with Crippen LogP contribution in [-0.2, 0) is 5.88 Å². The second-order valence-electron chi connectivity index (χ2n) is 2.80. The number of pyridine rings is 1. The van der Waals surface area contributed by atoms with Crippen molar-refractivity contribution in [1.82, 2.24) is 4.98 Å². The van der Waals surface area contributed by atoms with Gasteiger partial charge in [0.05, 0.1) is 5.88 Å². The van der Waals surface area contributed by atoms with Crippen LogP contribution >= 0.6 is 23.4 Å². The minimum Gasteiger partial charge on any atom is -0.250 e. The van der Waals surface area contributed by atoms with E-state index in [0.29, 0.717) is 5.88 Å². The lowest BCUT2D eigenvalue weighted by Crippen LogP contribution is -1.88. The van der Waals surface area contributed by atoms with Crippen molar-refractivity contribution in [2.75, 3.05) is 5.75 Å². The molecule has 1 heterocycles. The van der Waals surface area contributed by atoms with Crippen LogP contribution in [-0.4, -0.2) is 10.7 Å². The standard InChI is InChI=1S/C10H14ClNS/c1-2-3-7-13-10-9(8-11)5-4-6-12-10/h4-6H,2-3,7-8H2,1H3. The molecule has 3 heteroatoms. The molecule has 1 nitrogen and oxygen atoms in total. The minimum atomic E-state index is 0.558. The topological polar surface area (TPSA) is 12.9 Å². The number of unbranched alkanes of at least 4 members (excludes halogenated alkanes) is 1. The van der Waals surface area contributed by atoms with Crippen molar-refractivity contribution in [3.63, 3.8) is 0 Å². The molecule has 1 aromatic rings. The molecule has 0 saturated heterocycles. The third-order valence-corrected chi connectivity index (χ3v) is 3.15. The Morgan fingerprint density at radius 1 is 1.54 bits per heavy atom. The predicted octanol–water partition coefficient (Wildman–Crippen LogP) is 3.71. The first kappa shape index (κ1) is 10.9. The Labute approximate surface area is 88.9 Å². The van der Waals surface area contributed by atoms with Gasteiger partial charge in [-0.2, -0.15) is 0 Å². The highest BCUT2D eigenvalue weighted by Crippen LogP contribution is 2.22. The first-order valence-corrected chi connectivity index (χ1v) is 6.03. The summed E-state index contributed by atoms with van der Waals surface area (Å²) in [6.45, 7) is 2.20. The molecule has 72 valence electrons. The van der Waals surface area contributed by atoms with Gasteiger partial charge in [0.25, 0.3) is 0 Å². The van der Waals surface area contributed by atoms with Gasteiger partial charge in [0, 0.05) is 6.20 Å². The maximum Gasteiger partial charge on any atom is 0.100 e. The van der Waals surface area contributed by atoms with Gasteiger partial charge in [0.1, 0.15) is 5.03 Å². The fraction of sp³-hybridized carbons (Fsp3) is 0.500. The predicted molar refractivity (Wildman–Crippen MR) is 59.4 cm³/mol. The molecule has 1 aromatic heterocycles. The van der Waals surface area contributed by atoms with Crippen molar-refractivity contribution in [2.45, 2.75) is 30.7 Å². The second-order valence-corrected chi connectivity index (χ2v) is 4.15. The summed E-state index contributed by atoms with van der Waals surface area (Å²) < 4.78 is 0. The Hall–Kier alpha value is -0.210. The number of hydrogen-bond acceptors (Lipinski definition) is 2. The van der Waals surface area contributed by atoms with Gasteiger partial charge >= 0.3 is 0 Å². The summed E-state index contributed by atoms with van der Waals surface area (Å²) in [6, 6.07) is 3.97. The van der Waals surface area contributed by atoms with Gasteiger partial charge in [-0.05, 0) is 23.8 Å². The molecule has 0 aromatic carbocycles. The van der Waals surface area contributed by atoms with E-state index in [9.17, 15) is 0 Å². The number of alkyl halides is 1. The van der Waals surface area contributed by atoms with Gasteiger partial charge in [-0.3, -0.25) is 0 Å². The van der Waals surface area contributed by atoms with Crippen LogP contribution in [0.5, 0.6) is 0 Å². The highest BCUT2D eigenvalue weighted by molar-refractivity contribution is 7.99. The number of nitrogens with zero attached hydrogens (tertiary/aromatic N) is 1. The van der Waals surface area contributed by atoms with Crippen LogP contribution in [0.1, 0.15) is 25.3 Å². The van der Waals surface area contributed by atoms with E-state index < -0.39 is 0 Å². The summed E-state index contributed by atoms with van der Waals surface area (Å²) in [4.78, 5) is 4.30. The van der Waals surface area contributed by atoms with E-state index >= 15 is 0 Å². The molecule has 0 bridgehead atoms. The van der Waals surface area contributed by atoms with Crippen LogP contribution in [0.15, 0.2) is 23.4 Å². The zero-order chi connectivity index (χ0) is 9.52. The van der Waals surface area contributed by atoms with E-state index in [1.807, 2.05) is 18.3 Å². The number of halogens is 1. The van der Waals surface area contributed by atoms with Crippen LogP contribution in [0.2, 0.25) is 0 Å². The molecule has 0 fully saturated rings. The summed E-state index contributed by atoms with van der Waals surface area (Å²) in [7, 11) is 0. The van der Waals surface area contributed by atoms with Crippen molar-refractivity contribution < 1.29 is 0 Å². The number of aromatic nitrogens is 1. The molecule has 13 heavy (non-hydrogen) atoms. The number of hydrogen-bond donors (Lipinski definition) is 0. The van der Waals surface area contributed by atoms with Crippen molar-refractivity contribution in [1.29, 1.82) is 0 Å². The van der Waals surface area contributed by atoms with Gasteiger partial charge < -0.3 is 0 Å². The third kappa shape index (κ3) is 3.57. The van der Waals surface area contributed by atoms with Crippen LogP contribution in [0, 0.1) is 0 Å². The lowest BCUT2D eigenvalue weighted by Gasteiger charge is -2.03. The molecule has 0 aliphatic heterocycles. The van der Waals surface area contributed by atoms with E-state index in [1.54, 1.807) is 11.8 Å². The fourth-order valence-electron chi connectivity index (χ4n) is 0.969. The summed E-state index contributed by atoms with van der Waals surface area (Å²) in [5, 5.41) is 1.09. The Morgan fingerprint density at radius 2 is 2.38 bits per heavy atom. The first-order chi connectivity index (χ1) is 6.38. The van der Waals surface area contributed by atoms with E-state index in [2.05, 4.69) is 11.9 Å². The van der Waals surface area contributed by atoms with E-state index in [1.165, 1.54) is 12.8 Å². The number of thioether (sulfide) groups is 1. The van der Waals surface area contributed by atoms with Gasteiger partial charge in [-0.1, -0.05) is 19.4 Å². The first-order valence-electron chi connectivity index (χ1n) is 4.51. The lowest BCUT2D eigenvalue weighted by molar-refractivity contribution is 0.893. The van der Waals surface area contributed by atoms with Gasteiger partial charge in [-0.25, -0.2) is 4.98 Å². The molecule has 0 N–H and O–H groups in total. The van der Waals surface area contributed by atoms with E-state index in [0.717, 1.165) is 16.3 Å². The van der Waals surface area contributed by atoms with E-state index in [-0.39, 0.29) is 0 Å². The van der Waals surface area contributed by atoms with Gasteiger partial charge in [0.15, 0.2) is 0 Å². The average molecular weight is 216 g/mol. The Kier molecular flexibility index (Phi) is 5.25. The van der Waals surface area contributed by atoms with Gasteiger partial charge in [0.2, 0.25) is 0 Å². The molecule has 0 aliphatic rings. The summed E-state index contributed by atoms with van der Waals surface area (Å²) in [5.41, 5.74) is 1.14. The van der Waals surface area contributed by atoms with Gasteiger partial charge in [-0.15, -0.1) is 23.4 Å². The van der Waals surface area contributed by atoms with E-state index in [4.69, 9.17) is 11.6 Å². The lowest BCUT2D eigenvalue weighted by atomic mass is 10.3. The largest absolute Gasteiger partial charge is 0.250 e. The molecule has 0 saturated carbocycles. The molecule has 0 radical (unpaired) electrons. The molecule has 0 atom stereocenters. The Bertz CT molecular complexity index is 252. The third-order valence-electron chi connectivity index (χ3n) is 1.73. The van der Waals surface area contributed by atoms with Crippen molar-refractivity contribution in [2.24, 2.45) is 0 Å². The van der Waals surface area contributed by atoms with Crippen LogP contribution in [0.25, 0.3) is 0 Å². The molecule has 0 aliphatic carbocycles. The highest BCUT2D eigenvalue weighted by atomic mass is 35.5. The number of rotatable bonds is 5. The molecular weight excluding hydrogens is 202 g/mol. The Balaban J connectivity index is 2.54. The van der Waals surface area contributed by atoms with Crippen molar-refractivity contribution >= 4 is 23.4 Å². The smallest absolute Gasteiger partial charge is 0.100 e. The van der Waals surface area contributed by atoms with Crippen LogP contribution < -0.4 is 0 Å². The quantitative estimate of drug-likeness (QED) is 0.422. The highest BCUT2D eigenvalue weighted by Gasteiger charge is 2.01. The average Bonchev–Trinajstić information content (AvgIpc) is 2.19. The SMILES string of the molecule is CCCCSc1ncccc1CCl. The van der Waals surface area contributed by atoms with Crippen LogP contribution in [0.4, 0.5) is 0 Å². The fourth-order valence-corrected chi connectivity index (χ4v) is 2.35. The van der Waals surface area contributed by atoms with Crippen LogP contribution in [0.3, 0.4) is 0 Å². The van der Waals surface area contributed by atoms with Crippen molar-refractivity contribution in [3.8, 4) is 0 Å². The monoisotopic (exact) mass is 215 g/mol. The molecule has 0 unspecified atom stereocenters. The van der Waals surface area contributed by atoms with Crippen molar-refractivity contribution in [3.05, 3.63) is 23.9 Å². The molecule has 0 spiro atoms. The normalized spacial score (nSPS) is 10.3. The summed E-state index contributed by atoms with van der Waals surface area (Å²) in [5.74, 6) is 1.69. The zero-order valence-corrected chi connectivity index (χ0v) is 9.37. The maximum atomic E-state index is 5.79. The second kappa shape index (κ2) is 6.28. The Morgan fingerprint density at radius 3 is 3.08 bits per heavy atom. The molecular formula is C10H14ClNS. The minimum absolute atomic E-state index is 0.558.